The van der Waals surface area contributed by atoms with E-state index in [4.69, 9.17) is 0 Å². The van der Waals surface area contributed by atoms with Crippen LogP contribution in [0, 0.1) is 5.92 Å². The molecule has 43 heavy (non-hydrogen) atoms. The van der Waals surface area contributed by atoms with E-state index in [1.54, 1.807) is 11.8 Å². The van der Waals surface area contributed by atoms with Crippen LogP contribution in [0.4, 0.5) is 17.6 Å². The van der Waals surface area contributed by atoms with Crippen LogP contribution in [-0.4, -0.2) is 62.9 Å². The molecule has 236 valence electrons. The van der Waals surface area contributed by atoms with Crippen LogP contribution >= 0.6 is 23.8 Å². The maximum absolute atomic E-state index is 13.9. The first-order valence-electron chi connectivity index (χ1n) is 12.9. The summed E-state index contributed by atoms with van der Waals surface area (Å²) in [7, 11) is -2.94. The average molecular weight is 664 g/mol. The van der Waals surface area contributed by atoms with Crippen LogP contribution in [-0.2, 0) is 28.8 Å². The van der Waals surface area contributed by atoms with E-state index in [0.717, 1.165) is 7.11 Å². The zero-order valence-corrected chi connectivity index (χ0v) is 25.9. The van der Waals surface area contributed by atoms with Crippen molar-refractivity contribution in [1.29, 1.82) is 0 Å². The largest absolute Gasteiger partial charge is 0.469 e. The number of esters is 1. The lowest BCUT2D eigenvalue weighted by atomic mass is 9.99. The molecule has 4 rings (SSSR count). The van der Waals surface area contributed by atoms with E-state index in [2.05, 4.69) is 62.5 Å². The number of hydrogen-bond donors (Lipinski definition) is 0. The van der Waals surface area contributed by atoms with Crippen molar-refractivity contribution >= 4 is 39.8 Å². The number of halogens is 4. The maximum atomic E-state index is 13.9. The third kappa shape index (κ3) is 12.5. The van der Waals surface area contributed by atoms with Gasteiger partial charge in [-0.2, -0.15) is 17.4 Å². The van der Waals surface area contributed by atoms with Gasteiger partial charge in [0.15, 0.2) is 0 Å². The number of hydrogen-bond acceptors (Lipinski definition) is 8. The lowest BCUT2D eigenvalue weighted by Crippen LogP contribution is -2.49. The first-order valence-corrected chi connectivity index (χ1v) is 16.0. The van der Waals surface area contributed by atoms with E-state index < -0.39 is 50.9 Å². The summed E-state index contributed by atoms with van der Waals surface area (Å²) in [6, 6.07) is 32.8. The van der Waals surface area contributed by atoms with Gasteiger partial charge in [-0.3, -0.25) is 4.79 Å². The molecule has 1 aliphatic heterocycles. The predicted octanol–water partition coefficient (Wildman–Crippen LogP) is 7.18. The standard InChI is InChI=1S/C12H10S.C11H17F4NO6S2.C6H6/c1-3-7-11(8-4-1)13-12-9-5-2-6-10-12;1-20-10(17)7-3-5-16(6-4-7)24(18,19)9(13)8(12)11(14,15)23-22-21-2;1-2-4-6-5-3-1/h1-10H;7-9H,3-6H2,1-2H3;1-6H. The fraction of sp³-hybridized carbons (Fsp3) is 0.345. The summed E-state index contributed by atoms with van der Waals surface area (Å²) in [6.45, 7) is -0.606. The molecule has 0 spiro atoms. The molecule has 0 saturated carbocycles. The summed E-state index contributed by atoms with van der Waals surface area (Å²) in [5.41, 5.74) is -3.49. The molecule has 3 aromatic carbocycles. The number of methoxy groups -OCH3 is 1. The van der Waals surface area contributed by atoms with Crippen LogP contribution in [0.15, 0.2) is 107 Å². The van der Waals surface area contributed by atoms with Crippen molar-refractivity contribution in [3.05, 3.63) is 97.1 Å². The molecule has 1 aliphatic rings. The zero-order valence-electron chi connectivity index (χ0n) is 23.4. The van der Waals surface area contributed by atoms with Crippen molar-refractivity contribution in [2.75, 3.05) is 27.3 Å². The molecule has 2 atom stereocenters. The Morgan fingerprint density at radius 1 is 0.837 bits per heavy atom. The Kier molecular flexibility index (Phi) is 16.1. The van der Waals surface area contributed by atoms with Gasteiger partial charge in [-0.25, -0.2) is 22.1 Å². The third-order valence-corrected chi connectivity index (χ3v) is 9.35. The Balaban J connectivity index is 0.000000277. The fourth-order valence-corrected chi connectivity index (χ4v) is 6.37. The number of carbonyl (C=O) groups is 1. The van der Waals surface area contributed by atoms with Crippen LogP contribution in [0.1, 0.15) is 12.8 Å². The first kappa shape index (κ1) is 36.6. The Morgan fingerprint density at radius 3 is 1.65 bits per heavy atom. The van der Waals surface area contributed by atoms with Crippen LogP contribution in [0.5, 0.6) is 0 Å². The van der Waals surface area contributed by atoms with Crippen molar-refractivity contribution in [3.8, 4) is 0 Å². The van der Waals surface area contributed by atoms with Crippen molar-refractivity contribution < 1.29 is 44.7 Å². The van der Waals surface area contributed by atoms with Gasteiger partial charge >= 0.3 is 11.2 Å². The molecule has 0 N–H and O–H groups in total. The van der Waals surface area contributed by atoms with E-state index in [-0.39, 0.29) is 25.9 Å². The molecule has 0 radical (unpaired) electrons. The highest BCUT2D eigenvalue weighted by Crippen LogP contribution is 2.39. The number of sulfonamides is 1. The highest BCUT2D eigenvalue weighted by atomic mass is 32.2. The second-order valence-corrected chi connectivity index (χ2v) is 12.7. The molecule has 1 saturated heterocycles. The Bertz CT molecular complexity index is 1220. The van der Waals surface area contributed by atoms with E-state index in [1.165, 1.54) is 16.9 Å². The smallest absolute Gasteiger partial charge is 0.355 e. The second kappa shape index (κ2) is 18.9. The predicted molar refractivity (Wildman–Crippen MR) is 159 cm³/mol. The van der Waals surface area contributed by atoms with Crippen molar-refractivity contribution in [1.82, 2.24) is 4.31 Å². The first-order chi connectivity index (χ1) is 20.5. The van der Waals surface area contributed by atoms with Gasteiger partial charge in [0.05, 0.1) is 20.1 Å². The van der Waals surface area contributed by atoms with Crippen molar-refractivity contribution in [2.45, 2.75) is 39.6 Å². The van der Waals surface area contributed by atoms with Crippen LogP contribution < -0.4 is 0 Å². The van der Waals surface area contributed by atoms with Gasteiger partial charge < -0.3 is 4.74 Å². The van der Waals surface area contributed by atoms with Crippen LogP contribution in [0.2, 0.25) is 0 Å². The molecule has 0 aromatic heterocycles. The summed E-state index contributed by atoms with van der Waals surface area (Å²) in [5.74, 6) is -1.13. The summed E-state index contributed by atoms with van der Waals surface area (Å²) in [6.07, 6.45) is -3.62. The summed E-state index contributed by atoms with van der Waals surface area (Å²) < 4.78 is 87.1. The normalized spacial score (nSPS) is 15.6. The third-order valence-electron chi connectivity index (χ3n) is 5.79. The SMILES string of the molecule is COOSC(F)(F)C(F)C(F)S(=O)(=O)N1CCC(C(=O)OC)CC1.c1ccc(Sc2ccccc2)cc1.c1ccccc1. The molecule has 0 aliphatic carbocycles. The molecule has 1 heterocycles. The van der Waals surface area contributed by atoms with E-state index in [9.17, 15) is 30.8 Å². The van der Waals surface area contributed by atoms with Gasteiger partial charge in [0.1, 0.15) is 12.0 Å². The lowest BCUT2D eigenvalue weighted by Gasteiger charge is -2.32. The average Bonchev–Trinajstić information content (AvgIpc) is 3.05. The molecule has 0 amide bonds. The van der Waals surface area contributed by atoms with Gasteiger partial charge in [0.25, 0.3) is 5.50 Å². The van der Waals surface area contributed by atoms with Gasteiger partial charge in [0, 0.05) is 22.9 Å². The highest BCUT2D eigenvalue weighted by molar-refractivity contribution is 7.99. The highest BCUT2D eigenvalue weighted by Gasteiger charge is 2.54. The minimum atomic E-state index is -4.98. The molecular weight excluding hydrogens is 631 g/mol. The quantitative estimate of drug-likeness (QED) is 0.0742. The van der Waals surface area contributed by atoms with Crippen LogP contribution in [0.3, 0.4) is 0 Å². The van der Waals surface area contributed by atoms with E-state index in [1.807, 2.05) is 48.5 Å². The number of ether oxygens (including phenoxy) is 1. The van der Waals surface area contributed by atoms with Gasteiger partial charge in [-0.1, -0.05) is 84.6 Å². The van der Waals surface area contributed by atoms with E-state index in [0.29, 0.717) is 4.31 Å². The minimum Gasteiger partial charge on any atom is -0.469 e. The summed E-state index contributed by atoms with van der Waals surface area (Å²) >= 11 is 0.958. The number of alkyl halides is 4. The zero-order chi connectivity index (χ0) is 31.7. The van der Waals surface area contributed by atoms with E-state index >= 15 is 0 Å². The Labute approximate surface area is 258 Å². The lowest BCUT2D eigenvalue weighted by molar-refractivity contribution is -0.169. The molecule has 0 bridgehead atoms. The number of carbonyl (C=O) groups excluding carboxylic acids is 1. The number of nitrogens with zero attached hydrogens (tertiary/aromatic N) is 1. The minimum absolute atomic E-state index is 0.0213. The molecule has 7 nitrogen and oxygen atoms in total. The number of rotatable bonds is 10. The molecule has 1 fully saturated rings. The summed E-state index contributed by atoms with van der Waals surface area (Å²) in [4.78, 5) is 17.8. The van der Waals surface area contributed by atoms with Crippen molar-refractivity contribution in [2.24, 2.45) is 5.92 Å². The molecule has 14 heteroatoms. The van der Waals surface area contributed by atoms with Crippen molar-refractivity contribution in [3.63, 3.8) is 0 Å². The number of benzene rings is 3. The van der Waals surface area contributed by atoms with Crippen LogP contribution in [0.25, 0.3) is 0 Å². The fourth-order valence-electron chi connectivity index (χ4n) is 3.58. The monoisotopic (exact) mass is 663 g/mol. The molecule has 2 unspecified atom stereocenters. The summed E-state index contributed by atoms with van der Waals surface area (Å²) in [5, 5.41) is -4.48. The maximum Gasteiger partial charge on any atom is 0.355 e. The second-order valence-electron chi connectivity index (χ2n) is 8.76. The van der Waals surface area contributed by atoms with Gasteiger partial charge in [-0.15, -0.1) is 0 Å². The Morgan fingerprint density at radius 2 is 1.26 bits per heavy atom. The Hall–Kier alpha value is -2.62. The molecular formula is C29H33F4NO6S3. The number of piperidine rings is 1. The van der Waals surface area contributed by atoms with Gasteiger partial charge in [-0.05, 0) is 37.1 Å². The molecule has 3 aromatic rings. The van der Waals surface area contributed by atoms with Gasteiger partial charge in [0.2, 0.25) is 16.2 Å². The topological polar surface area (TPSA) is 82.1 Å².